The minimum absolute atomic E-state index is 0.144. The average Bonchev–Trinajstić information content (AvgIpc) is 2.85. The summed E-state index contributed by atoms with van der Waals surface area (Å²) in [5.41, 5.74) is 0.591. The van der Waals surface area contributed by atoms with Crippen molar-refractivity contribution in [2.75, 3.05) is 11.9 Å². The van der Waals surface area contributed by atoms with Crippen LogP contribution in [-0.2, 0) is 0 Å². The molecule has 1 N–H and O–H groups in total. The van der Waals surface area contributed by atoms with Gasteiger partial charge in [0.05, 0.1) is 11.5 Å². The van der Waals surface area contributed by atoms with E-state index in [0.717, 1.165) is 0 Å². The minimum atomic E-state index is -0.144. The molecule has 0 aromatic carbocycles. The normalized spacial score (nSPS) is 9.94. The molecule has 17 heavy (non-hydrogen) atoms. The first-order chi connectivity index (χ1) is 8.31. The van der Waals surface area contributed by atoms with Crippen LogP contribution in [0.1, 0.15) is 16.6 Å². The molecule has 0 aliphatic carbocycles. The van der Waals surface area contributed by atoms with Gasteiger partial charge in [0.1, 0.15) is 5.69 Å². The molecule has 0 fully saturated rings. The maximum absolute atomic E-state index is 11.8. The van der Waals surface area contributed by atoms with E-state index in [1.54, 1.807) is 24.4 Å². The molecule has 0 atom stereocenters. The van der Waals surface area contributed by atoms with Gasteiger partial charge >= 0.3 is 0 Å². The van der Waals surface area contributed by atoms with E-state index in [2.05, 4.69) is 10.3 Å². The summed E-state index contributed by atoms with van der Waals surface area (Å²) in [6.45, 7) is 2.39. The van der Waals surface area contributed by atoms with Crippen molar-refractivity contribution in [3.8, 4) is 5.88 Å². The van der Waals surface area contributed by atoms with Crippen LogP contribution >= 0.6 is 11.3 Å². The summed E-state index contributed by atoms with van der Waals surface area (Å²) in [4.78, 5) is 16.6. The van der Waals surface area contributed by atoms with Crippen LogP contribution in [0, 0.1) is 0 Å². The Morgan fingerprint density at radius 3 is 3.06 bits per heavy atom. The molecule has 2 aromatic rings. The maximum atomic E-state index is 11.8. The van der Waals surface area contributed by atoms with Gasteiger partial charge in [-0.3, -0.25) is 4.79 Å². The molecule has 0 bridgehead atoms. The summed E-state index contributed by atoms with van der Waals surface area (Å²) in [7, 11) is 0. The lowest BCUT2D eigenvalue weighted by Gasteiger charge is -2.08. The predicted molar refractivity (Wildman–Crippen MR) is 67.7 cm³/mol. The second kappa shape index (κ2) is 5.45. The van der Waals surface area contributed by atoms with Gasteiger partial charge in [-0.05, 0) is 30.5 Å². The van der Waals surface area contributed by atoms with Gasteiger partial charge in [-0.2, -0.15) is 0 Å². The molecule has 2 aromatic heterocycles. The number of nitrogens with one attached hydrogen (secondary N) is 1. The highest BCUT2D eigenvalue weighted by atomic mass is 32.1. The number of amides is 1. The van der Waals surface area contributed by atoms with Crippen LogP contribution in [0.4, 0.5) is 5.69 Å². The molecule has 0 spiro atoms. The zero-order valence-electron chi connectivity index (χ0n) is 9.34. The molecule has 0 saturated carbocycles. The molecule has 88 valence electrons. The van der Waals surface area contributed by atoms with Crippen molar-refractivity contribution in [3.63, 3.8) is 0 Å². The van der Waals surface area contributed by atoms with Gasteiger partial charge in [0.25, 0.3) is 5.91 Å². The van der Waals surface area contributed by atoms with Gasteiger partial charge < -0.3 is 10.1 Å². The molecule has 0 unspecified atom stereocenters. The number of carbonyl (C=O) groups is 1. The van der Waals surface area contributed by atoms with Gasteiger partial charge in [-0.15, -0.1) is 11.3 Å². The Morgan fingerprint density at radius 2 is 2.35 bits per heavy atom. The zero-order valence-corrected chi connectivity index (χ0v) is 10.2. The van der Waals surface area contributed by atoms with Gasteiger partial charge in [0.15, 0.2) is 0 Å². The van der Waals surface area contributed by atoms with Crippen molar-refractivity contribution in [1.29, 1.82) is 0 Å². The lowest BCUT2D eigenvalue weighted by atomic mass is 10.3. The van der Waals surface area contributed by atoms with Gasteiger partial charge in [0, 0.05) is 6.20 Å². The molecule has 0 aliphatic heterocycles. The summed E-state index contributed by atoms with van der Waals surface area (Å²) in [6, 6.07) is 7.14. The SMILES string of the molecule is CCOc1ncccc1NC(=O)c1cccs1. The van der Waals surface area contributed by atoms with Crippen LogP contribution in [0.15, 0.2) is 35.8 Å². The van der Waals surface area contributed by atoms with E-state index in [1.807, 2.05) is 18.4 Å². The third kappa shape index (κ3) is 2.82. The number of thiophene rings is 1. The highest BCUT2D eigenvalue weighted by molar-refractivity contribution is 7.12. The Balaban J connectivity index is 2.15. The van der Waals surface area contributed by atoms with E-state index < -0.39 is 0 Å². The maximum Gasteiger partial charge on any atom is 0.265 e. The van der Waals surface area contributed by atoms with Crippen molar-refractivity contribution in [3.05, 3.63) is 40.7 Å². The largest absolute Gasteiger partial charge is 0.476 e. The summed E-state index contributed by atoms with van der Waals surface area (Å²) >= 11 is 1.40. The monoisotopic (exact) mass is 248 g/mol. The summed E-state index contributed by atoms with van der Waals surface area (Å²) < 4.78 is 5.33. The van der Waals surface area contributed by atoms with E-state index in [-0.39, 0.29) is 5.91 Å². The third-order valence-electron chi connectivity index (χ3n) is 2.05. The minimum Gasteiger partial charge on any atom is -0.476 e. The molecule has 4 nitrogen and oxygen atoms in total. The Hall–Kier alpha value is -1.88. The van der Waals surface area contributed by atoms with Crippen LogP contribution in [0.2, 0.25) is 0 Å². The quantitative estimate of drug-likeness (QED) is 0.905. The smallest absolute Gasteiger partial charge is 0.265 e. The predicted octanol–water partition coefficient (Wildman–Crippen LogP) is 2.79. The van der Waals surface area contributed by atoms with Gasteiger partial charge in [-0.1, -0.05) is 6.07 Å². The number of pyridine rings is 1. The Morgan fingerprint density at radius 1 is 1.47 bits per heavy atom. The lowest BCUT2D eigenvalue weighted by Crippen LogP contribution is -2.11. The number of hydrogen-bond acceptors (Lipinski definition) is 4. The van der Waals surface area contributed by atoms with Crippen LogP contribution in [-0.4, -0.2) is 17.5 Å². The number of ether oxygens (including phenoxy) is 1. The molecule has 2 heterocycles. The van der Waals surface area contributed by atoms with Crippen molar-refractivity contribution < 1.29 is 9.53 Å². The molecule has 0 radical (unpaired) electrons. The van der Waals surface area contributed by atoms with E-state index in [0.29, 0.717) is 23.1 Å². The summed E-state index contributed by atoms with van der Waals surface area (Å²) in [5, 5.41) is 4.64. The van der Waals surface area contributed by atoms with E-state index in [4.69, 9.17) is 4.74 Å². The van der Waals surface area contributed by atoms with E-state index in [9.17, 15) is 4.79 Å². The Bertz CT molecular complexity index is 497. The Kier molecular flexibility index (Phi) is 3.72. The molecular weight excluding hydrogens is 236 g/mol. The fraction of sp³-hybridized carbons (Fsp3) is 0.167. The fourth-order valence-electron chi connectivity index (χ4n) is 1.33. The number of anilines is 1. The first kappa shape index (κ1) is 11.6. The molecule has 0 saturated heterocycles. The summed E-state index contributed by atoms with van der Waals surface area (Å²) in [5.74, 6) is 0.300. The Labute approximate surface area is 103 Å². The summed E-state index contributed by atoms with van der Waals surface area (Å²) in [6.07, 6.45) is 1.63. The van der Waals surface area contributed by atoms with Crippen LogP contribution in [0.5, 0.6) is 5.88 Å². The average molecular weight is 248 g/mol. The van der Waals surface area contributed by atoms with Gasteiger partial charge in [0.2, 0.25) is 5.88 Å². The fourth-order valence-corrected chi connectivity index (χ4v) is 1.95. The number of aromatic nitrogens is 1. The first-order valence-corrected chi connectivity index (χ1v) is 6.12. The van der Waals surface area contributed by atoms with Crippen molar-refractivity contribution in [2.45, 2.75) is 6.92 Å². The second-order valence-electron chi connectivity index (χ2n) is 3.22. The number of rotatable bonds is 4. The van der Waals surface area contributed by atoms with E-state index in [1.165, 1.54) is 11.3 Å². The van der Waals surface area contributed by atoms with Crippen LogP contribution in [0.3, 0.4) is 0 Å². The molecule has 2 rings (SSSR count). The highest BCUT2D eigenvalue weighted by Crippen LogP contribution is 2.21. The standard InChI is InChI=1S/C12H12N2O2S/c1-2-16-12-9(5-3-7-13-12)14-11(15)10-6-4-8-17-10/h3-8H,2H2,1H3,(H,14,15). The first-order valence-electron chi connectivity index (χ1n) is 5.24. The van der Waals surface area contributed by atoms with Crippen LogP contribution < -0.4 is 10.1 Å². The lowest BCUT2D eigenvalue weighted by molar-refractivity contribution is 0.103. The molecule has 5 heteroatoms. The number of hydrogen-bond donors (Lipinski definition) is 1. The van der Waals surface area contributed by atoms with E-state index >= 15 is 0 Å². The topological polar surface area (TPSA) is 51.2 Å². The third-order valence-corrected chi connectivity index (χ3v) is 2.91. The second-order valence-corrected chi connectivity index (χ2v) is 4.17. The molecular formula is C12H12N2O2S. The zero-order chi connectivity index (χ0) is 12.1. The van der Waals surface area contributed by atoms with Crippen LogP contribution in [0.25, 0.3) is 0 Å². The van der Waals surface area contributed by atoms with Crippen molar-refractivity contribution in [1.82, 2.24) is 4.98 Å². The number of carbonyl (C=O) groups excluding carboxylic acids is 1. The van der Waals surface area contributed by atoms with Gasteiger partial charge in [-0.25, -0.2) is 4.98 Å². The molecule has 1 amide bonds. The number of nitrogens with zero attached hydrogens (tertiary/aromatic N) is 1. The highest BCUT2D eigenvalue weighted by Gasteiger charge is 2.10. The van der Waals surface area contributed by atoms with Crippen molar-refractivity contribution >= 4 is 22.9 Å². The van der Waals surface area contributed by atoms with Crippen molar-refractivity contribution in [2.24, 2.45) is 0 Å². The molecule has 0 aliphatic rings.